The minimum absolute atomic E-state index is 0.183. The summed E-state index contributed by atoms with van der Waals surface area (Å²) < 4.78 is 16.5. The zero-order valence-corrected chi connectivity index (χ0v) is 15.1. The standard InChI is InChI=1S/C14H12Br3FN2/c15-9-3-4-12(17)11(6-9)14(20-19)5-8-1-2-10(16)7-13(8)18/h1-4,6-7,14,20H,5,19H2. The van der Waals surface area contributed by atoms with Gasteiger partial charge in [0.25, 0.3) is 0 Å². The van der Waals surface area contributed by atoms with Crippen molar-refractivity contribution in [2.24, 2.45) is 5.84 Å². The molecule has 0 aliphatic heterocycles. The lowest BCUT2D eigenvalue weighted by atomic mass is 9.99. The Hall–Kier alpha value is -0.270. The Labute approximate surface area is 142 Å². The second-order valence-corrected chi connectivity index (χ2v) is 7.01. The number of nitrogens with two attached hydrogens (primary N) is 1. The molecule has 0 bridgehead atoms. The van der Waals surface area contributed by atoms with Gasteiger partial charge in [-0.25, -0.2) is 4.39 Å². The molecule has 0 amide bonds. The Balaban J connectivity index is 2.31. The van der Waals surface area contributed by atoms with Gasteiger partial charge >= 0.3 is 0 Å². The second-order valence-electron chi connectivity index (χ2n) is 4.32. The Morgan fingerprint density at radius 3 is 2.35 bits per heavy atom. The number of benzene rings is 2. The molecule has 0 spiro atoms. The van der Waals surface area contributed by atoms with E-state index in [1.54, 1.807) is 6.07 Å². The van der Waals surface area contributed by atoms with Gasteiger partial charge in [-0.15, -0.1) is 0 Å². The largest absolute Gasteiger partial charge is 0.271 e. The normalized spacial score (nSPS) is 12.4. The van der Waals surface area contributed by atoms with Gasteiger partial charge in [-0.05, 0) is 47.9 Å². The van der Waals surface area contributed by atoms with Crippen LogP contribution in [0.15, 0.2) is 49.8 Å². The molecule has 2 aromatic carbocycles. The summed E-state index contributed by atoms with van der Waals surface area (Å²) in [6.07, 6.45) is 0.463. The second kappa shape index (κ2) is 7.13. The summed E-state index contributed by atoms with van der Waals surface area (Å²) in [7, 11) is 0. The van der Waals surface area contributed by atoms with Crippen LogP contribution in [0.3, 0.4) is 0 Å². The quantitative estimate of drug-likeness (QED) is 0.499. The van der Waals surface area contributed by atoms with E-state index in [-0.39, 0.29) is 11.9 Å². The smallest absolute Gasteiger partial charge is 0.127 e. The van der Waals surface area contributed by atoms with Crippen LogP contribution in [0.2, 0.25) is 0 Å². The van der Waals surface area contributed by atoms with Crippen molar-refractivity contribution in [1.82, 2.24) is 5.43 Å². The van der Waals surface area contributed by atoms with Gasteiger partial charge < -0.3 is 0 Å². The van der Waals surface area contributed by atoms with Gasteiger partial charge in [-0.3, -0.25) is 11.3 Å². The fourth-order valence-corrected chi connectivity index (χ4v) is 3.18. The monoisotopic (exact) mass is 464 g/mol. The van der Waals surface area contributed by atoms with Gasteiger partial charge in [0, 0.05) is 13.4 Å². The highest BCUT2D eigenvalue weighted by atomic mass is 79.9. The SMILES string of the molecule is NNC(Cc1ccc(Br)cc1F)c1cc(Br)ccc1Br. The van der Waals surface area contributed by atoms with E-state index >= 15 is 0 Å². The highest BCUT2D eigenvalue weighted by Gasteiger charge is 2.16. The van der Waals surface area contributed by atoms with Crippen LogP contribution in [0.5, 0.6) is 0 Å². The predicted molar refractivity (Wildman–Crippen MR) is 89.7 cm³/mol. The lowest BCUT2D eigenvalue weighted by molar-refractivity contribution is 0.527. The van der Waals surface area contributed by atoms with Crippen LogP contribution in [-0.2, 0) is 6.42 Å². The van der Waals surface area contributed by atoms with Gasteiger partial charge in [0.05, 0.1) is 6.04 Å². The van der Waals surface area contributed by atoms with Crippen LogP contribution in [0.25, 0.3) is 0 Å². The minimum atomic E-state index is -0.245. The van der Waals surface area contributed by atoms with Crippen molar-refractivity contribution < 1.29 is 4.39 Å². The highest BCUT2D eigenvalue weighted by molar-refractivity contribution is 9.11. The lowest BCUT2D eigenvalue weighted by Gasteiger charge is -2.19. The number of hydrazine groups is 1. The molecule has 106 valence electrons. The first kappa shape index (κ1) is 16.1. The van der Waals surface area contributed by atoms with Crippen LogP contribution in [0.1, 0.15) is 17.2 Å². The summed E-state index contributed by atoms with van der Waals surface area (Å²) in [5.74, 6) is 5.39. The maximum Gasteiger partial charge on any atom is 0.127 e. The number of hydrogen-bond acceptors (Lipinski definition) is 2. The van der Waals surface area contributed by atoms with Crippen LogP contribution in [0, 0.1) is 5.82 Å². The average molecular weight is 467 g/mol. The van der Waals surface area contributed by atoms with Crippen LogP contribution >= 0.6 is 47.8 Å². The Morgan fingerprint density at radius 2 is 1.70 bits per heavy atom. The van der Waals surface area contributed by atoms with E-state index in [1.807, 2.05) is 24.3 Å². The van der Waals surface area contributed by atoms with E-state index in [0.717, 1.165) is 19.0 Å². The summed E-state index contributed by atoms with van der Waals surface area (Å²) >= 11 is 10.2. The van der Waals surface area contributed by atoms with Crippen molar-refractivity contribution in [2.75, 3.05) is 0 Å². The first-order chi connectivity index (χ1) is 9.51. The molecule has 20 heavy (non-hydrogen) atoms. The Kier molecular flexibility index (Phi) is 5.74. The molecule has 0 heterocycles. The van der Waals surface area contributed by atoms with E-state index in [0.29, 0.717) is 12.0 Å². The van der Waals surface area contributed by atoms with Gasteiger partial charge in [-0.2, -0.15) is 0 Å². The predicted octanol–water partition coefficient (Wildman–Crippen LogP) is 4.86. The van der Waals surface area contributed by atoms with E-state index < -0.39 is 0 Å². The van der Waals surface area contributed by atoms with E-state index in [4.69, 9.17) is 5.84 Å². The molecule has 0 aliphatic carbocycles. The maximum atomic E-state index is 13.9. The van der Waals surface area contributed by atoms with Crippen LogP contribution < -0.4 is 11.3 Å². The summed E-state index contributed by atoms with van der Waals surface area (Å²) in [5.41, 5.74) is 4.34. The van der Waals surface area contributed by atoms with Crippen molar-refractivity contribution in [2.45, 2.75) is 12.5 Å². The number of halogens is 4. The molecular weight excluding hydrogens is 455 g/mol. The highest BCUT2D eigenvalue weighted by Crippen LogP contribution is 2.29. The molecule has 0 fully saturated rings. The third-order valence-electron chi connectivity index (χ3n) is 2.97. The van der Waals surface area contributed by atoms with Crippen LogP contribution in [-0.4, -0.2) is 0 Å². The van der Waals surface area contributed by atoms with Crippen molar-refractivity contribution in [3.8, 4) is 0 Å². The molecule has 6 heteroatoms. The molecule has 2 nitrogen and oxygen atoms in total. The molecule has 2 aromatic rings. The summed E-state index contributed by atoms with van der Waals surface area (Å²) in [5, 5.41) is 0. The Morgan fingerprint density at radius 1 is 1.05 bits per heavy atom. The number of nitrogens with one attached hydrogen (secondary N) is 1. The lowest BCUT2D eigenvalue weighted by Crippen LogP contribution is -2.30. The minimum Gasteiger partial charge on any atom is -0.271 e. The van der Waals surface area contributed by atoms with Crippen LogP contribution in [0.4, 0.5) is 4.39 Å². The fourth-order valence-electron chi connectivity index (χ4n) is 1.95. The van der Waals surface area contributed by atoms with E-state index in [9.17, 15) is 4.39 Å². The molecule has 3 N–H and O–H groups in total. The molecule has 1 unspecified atom stereocenters. The van der Waals surface area contributed by atoms with Crippen molar-refractivity contribution >= 4 is 47.8 Å². The third kappa shape index (κ3) is 3.89. The zero-order valence-electron chi connectivity index (χ0n) is 10.3. The van der Waals surface area contributed by atoms with Crippen molar-refractivity contribution in [1.29, 1.82) is 0 Å². The number of hydrogen-bond donors (Lipinski definition) is 2. The van der Waals surface area contributed by atoms with Gasteiger partial charge in [0.15, 0.2) is 0 Å². The number of rotatable bonds is 4. The molecule has 0 aliphatic rings. The average Bonchev–Trinajstić information content (AvgIpc) is 2.41. The van der Waals surface area contributed by atoms with Gasteiger partial charge in [0.1, 0.15) is 5.82 Å². The fraction of sp³-hybridized carbons (Fsp3) is 0.143. The third-order valence-corrected chi connectivity index (χ3v) is 4.68. The van der Waals surface area contributed by atoms with Crippen molar-refractivity contribution in [3.63, 3.8) is 0 Å². The van der Waals surface area contributed by atoms with Crippen molar-refractivity contribution in [3.05, 3.63) is 66.8 Å². The molecule has 0 aromatic heterocycles. The van der Waals surface area contributed by atoms with E-state index in [2.05, 4.69) is 53.2 Å². The zero-order chi connectivity index (χ0) is 14.7. The first-order valence-corrected chi connectivity index (χ1v) is 8.24. The summed E-state index contributed by atoms with van der Waals surface area (Å²) in [4.78, 5) is 0. The molecule has 1 atom stereocenters. The van der Waals surface area contributed by atoms with Gasteiger partial charge in [-0.1, -0.05) is 53.9 Å². The Bertz CT molecular complexity index is 619. The maximum absolute atomic E-state index is 13.9. The van der Waals surface area contributed by atoms with E-state index in [1.165, 1.54) is 6.07 Å². The van der Waals surface area contributed by atoms with Gasteiger partial charge in [0.2, 0.25) is 0 Å². The summed E-state index contributed by atoms with van der Waals surface area (Å²) in [6, 6.07) is 10.7. The first-order valence-electron chi connectivity index (χ1n) is 5.86. The molecule has 0 radical (unpaired) electrons. The molecular formula is C14H12Br3FN2. The molecule has 2 rings (SSSR count). The summed E-state index contributed by atoms with van der Waals surface area (Å²) in [6.45, 7) is 0. The molecule has 0 saturated carbocycles. The topological polar surface area (TPSA) is 38.0 Å². The molecule has 0 saturated heterocycles.